The van der Waals surface area contributed by atoms with E-state index in [2.05, 4.69) is 5.32 Å². The van der Waals surface area contributed by atoms with Crippen molar-refractivity contribution in [3.8, 4) is 0 Å². The second-order valence-electron chi connectivity index (χ2n) is 4.59. The maximum Gasteiger partial charge on any atom is 0.332 e. The fourth-order valence-corrected chi connectivity index (χ4v) is 2.05. The lowest BCUT2D eigenvalue weighted by Gasteiger charge is -2.19. The van der Waals surface area contributed by atoms with Crippen LogP contribution in [0, 0.1) is 6.92 Å². The Hall–Kier alpha value is -2.49. The monoisotopic (exact) mass is 270 g/mol. The van der Waals surface area contributed by atoms with Gasteiger partial charge in [-0.25, -0.2) is 4.79 Å². The predicted octanol–water partition coefficient (Wildman–Crippen LogP) is 2.90. The molecular weight excluding hydrogens is 252 g/mol. The molecule has 0 aromatic heterocycles. The lowest BCUT2D eigenvalue weighted by atomic mass is 10.1. The smallest absolute Gasteiger partial charge is 0.332 e. The van der Waals surface area contributed by atoms with E-state index < -0.39 is 6.04 Å². The molecule has 0 aliphatic rings. The topological polar surface area (TPSA) is 64.3 Å². The van der Waals surface area contributed by atoms with Gasteiger partial charge >= 0.3 is 5.97 Å². The minimum Gasteiger partial charge on any atom is -0.467 e. The molecule has 4 heteroatoms. The van der Waals surface area contributed by atoms with E-state index in [0.29, 0.717) is 5.69 Å². The van der Waals surface area contributed by atoms with Gasteiger partial charge in [0.25, 0.3) is 0 Å². The highest BCUT2D eigenvalue weighted by Gasteiger charge is 2.21. The molecule has 104 valence electrons. The van der Waals surface area contributed by atoms with Crippen molar-refractivity contribution in [3.63, 3.8) is 0 Å². The lowest BCUT2D eigenvalue weighted by Crippen LogP contribution is -2.22. The minimum absolute atomic E-state index is 0.326. The Morgan fingerprint density at radius 1 is 1.20 bits per heavy atom. The molecule has 0 aliphatic heterocycles. The summed E-state index contributed by atoms with van der Waals surface area (Å²) in [5, 5.41) is 3.21. The lowest BCUT2D eigenvalue weighted by molar-refractivity contribution is -0.141. The number of nitrogens with one attached hydrogen (secondary N) is 1. The van der Waals surface area contributed by atoms with Crippen LogP contribution < -0.4 is 11.1 Å². The fraction of sp³-hybridized carbons (Fsp3) is 0.188. The molecule has 2 aromatic carbocycles. The van der Waals surface area contributed by atoms with Gasteiger partial charge in [-0.05, 0) is 36.2 Å². The molecule has 0 saturated heterocycles. The summed E-state index contributed by atoms with van der Waals surface area (Å²) in [4.78, 5) is 12.0. The van der Waals surface area contributed by atoms with Crippen LogP contribution in [0.1, 0.15) is 17.2 Å². The van der Waals surface area contributed by atoms with Crippen molar-refractivity contribution >= 4 is 17.3 Å². The van der Waals surface area contributed by atoms with Gasteiger partial charge in [0.05, 0.1) is 7.11 Å². The summed E-state index contributed by atoms with van der Waals surface area (Å²) >= 11 is 0. The minimum atomic E-state index is -0.538. The number of benzene rings is 2. The molecule has 0 fully saturated rings. The first-order valence-electron chi connectivity index (χ1n) is 6.37. The van der Waals surface area contributed by atoms with Crippen molar-refractivity contribution in [2.75, 3.05) is 18.2 Å². The standard InChI is InChI=1S/C16H18N2O2/c1-11-10-13(17)8-9-14(11)18-15(16(19)20-2)12-6-4-3-5-7-12/h3-10,15,18H,17H2,1-2H3. The van der Waals surface area contributed by atoms with Crippen LogP contribution in [0.3, 0.4) is 0 Å². The van der Waals surface area contributed by atoms with E-state index in [9.17, 15) is 4.79 Å². The first-order chi connectivity index (χ1) is 9.61. The van der Waals surface area contributed by atoms with Gasteiger partial charge in [0.2, 0.25) is 0 Å². The molecule has 0 aliphatic carbocycles. The summed E-state index contributed by atoms with van der Waals surface area (Å²) < 4.78 is 4.88. The third-order valence-electron chi connectivity index (χ3n) is 3.12. The average molecular weight is 270 g/mol. The summed E-state index contributed by atoms with van der Waals surface area (Å²) in [5.74, 6) is -0.326. The number of aryl methyl sites for hydroxylation is 1. The number of hydrogen-bond donors (Lipinski definition) is 2. The summed E-state index contributed by atoms with van der Waals surface area (Å²) in [7, 11) is 1.38. The SMILES string of the molecule is COC(=O)C(Nc1ccc(N)cc1C)c1ccccc1. The number of nitrogen functional groups attached to an aromatic ring is 1. The Morgan fingerprint density at radius 3 is 2.50 bits per heavy atom. The summed E-state index contributed by atoms with van der Waals surface area (Å²) in [5.41, 5.74) is 9.13. The van der Waals surface area contributed by atoms with Gasteiger partial charge in [-0.3, -0.25) is 0 Å². The number of nitrogens with two attached hydrogens (primary N) is 1. The van der Waals surface area contributed by atoms with Crippen LogP contribution in [0.15, 0.2) is 48.5 Å². The maximum absolute atomic E-state index is 12.0. The number of rotatable bonds is 4. The predicted molar refractivity (Wildman–Crippen MR) is 80.4 cm³/mol. The highest BCUT2D eigenvalue weighted by atomic mass is 16.5. The zero-order valence-electron chi connectivity index (χ0n) is 11.6. The largest absolute Gasteiger partial charge is 0.467 e. The molecule has 4 nitrogen and oxygen atoms in total. The molecule has 0 spiro atoms. The normalized spacial score (nSPS) is 11.7. The molecule has 20 heavy (non-hydrogen) atoms. The van der Waals surface area contributed by atoms with Gasteiger partial charge in [0.1, 0.15) is 0 Å². The number of hydrogen-bond acceptors (Lipinski definition) is 4. The molecule has 3 N–H and O–H groups in total. The molecule has 0 saturated carbocycles. The van der Waals surface area contributed by atoms with Crippen LogP contribution in [0.2, 0.25) is 0 Å². The van der Waals surface area contributed by atoms with Crippen molar-refractivity contribution in [2.24, 2.45) is 0 Å². The number of methoxy groups -OCH3 is 1. The molecule has 2 aromatic rings. The molecule has 0 radical (unpaired) electrons. The Morgan fingerprint density at radius 2 is 1.90 bits per heavy atom. The number of ether oxygens (including phenoxy) is 1. The number of carbonyl (C=O) groups excluding carboxylic acids is 1. The second-order valence-corrected chi connectivity index (χ2v) is 4.59. The van der Waals surface area contributed by atoms with E-state index in [1.54, 1.807) is 6.07 Å². The molecule has 1 atom stereocenters. The van der Waals surface area contributed by atoms with E-state index in [4.69, 9.17) is 10.5 Å². The van der Waals surface area contributed by atoms with Gasteiger partial charge in [0, 0.05) is 11.4 Å². The van der Waals surface area contributed by atoms with Crippen LogP contribution in [0.5, 0.6) is 0 Å². The van der Waals surface area contributed by atoms with Crippen molar-refractivity contribution in [1.82, 2.24) is 0 Å². The Kier molecular flexibility index (Phi) is 4.25. The third-order valence-corrected chi connectivity index (χ3v) is 3.12. The van der Waals surface area contributed by atoms with E-state index >= 15 is 0 Å². The number of carbonyl (C=O) groups is 1. The van der Waals surface area contributed by atoms with Gasteiger partial charge in [-0.15, -0.1) is 0 Å². The van der Waals surface area contributed by atoms with Crippen LogP contribution in [-0.2, 0) is 9.53 Å². The van der Waals surface area contributed by atoms with Crippen molar-refractivity contribution < 1.29 is 9.53 Å². The molecule has 0 heterocycles. The van der Waals surface area contributed by atoms with Gasteiger partial charge in [-0.2, -0.15) is 0 Å². The molecule has 0 bridgehead atoms. The van der Waals surface area contributed by atoms with E-state index in [0.717, 1.165) is 16.8 Å². The average Bonchev–Trinajstić information content (AvgIpc) is 2.46. The summed E-state index contributed by atoms with van der Waals surface area (Å²) in [6.45, 7) is 1.94. The summed E-state index contributed by atoms with van der Waals surface area (Å²) in [6, 6.07) is 14.5. The third kappa shape index (κ3) is 3.09. The van der Waals surface area contributed by atoms with Gasteiger partial charge in [0.15, 0.2) is 6.04 Å². The van der Waals surface area contributed by atoms with Crippen molar-refractivity contribution in [2.45, 2.75) is 13.0 Å². The zero-order chi connectivity index (χ0) is 14.5. The highest BCUT2D eigenvalue weighted by molar-refractivity contribution is 5.81. The first-order valence-corrected chi connectivity index (χ1v) is 6.37. The molecular formula is C16H18N2O2. The fourth-order valence-electron chi connectivity index (χ4n) is 2.05. The van der Waals surface area contributed by atoms with Crippen molar-refractivity contribution in [1.29, 1.82) is 0 Å². The van der Waals surface area contributed by atoms with Crippen LogP contribution in [-0.4, -0.2) is 13.1 Å². The Labute approximate surface area is 118 Å². The van der Waals surface area contributed by atoms with E-state index in [-0.39, 0.29) is 5.97 Å². The number of anilines is 2. The van der Waals surface area contributed by atoms with Gasteiger partial charge in [-0.1, -0.05) is 30.3 Å². The molecule has 1 unspecified atom stereocenters. The van der Waals surface area contributed by atoms with E-state index in [1.807, 2.05) is 49.4 Å². The van der Waals surface area contributed by atoms with E-state index in [1.165, 1.54) is 7.11 Å². The van der Waals surface area contributed by atoms with Crippen LogP contribution in [0.25, 0.3) is 0 Å². The zero-order valence-corrected chi connectivity index (χ0v) is 11.6. The first kappa shape index (κ1) is 13.9. The van der Waals surface area contributed by atoms with Crippen molar-refractivity contribution in [3.05, 3.63) is 59.7 Å². The molecule has 2 rings (SSSR count). The quantitative estimate of drug-likeness (QED) is 0.662. The Balaban J connectivity index is 2.31. The number of esters is 1. The van der Waals surface area contributed by atoms with Gasteiger partial charge < -0.3 is 15.8 Å². The van der Waals surface area contributed by atoms with Crippen LogP contribution >= 0.6 is 0 Å². The Bertz CT molecular complexity index is 597. The summed E-state index contributed by atoms with van der Waals surface area (Å²) in [6.07, 6.45) is 0. The highest BCUT2D eigenvalue weighted by Crippen LogP contribution is 2.24. The maximum atomic E-state index is 12.0. The van der Waals surface area contributed by atoms with Crippen LogP contribution in [0.4, 0.5) is 11.4 Å². The second kappa shape index (κ2) is 6.10. The molecule has 0 amide bonds.